The van der Waals surface area contributed by atoms with Gasteiger partial charge in [0, 0.05) is 12.6 Å². The van der Waals surface area contributed by atoms with Crippen molar-refractivity contribution < 1.29 is 19.4 Å². The average Bonchev–Trinajstić information content (AvgIpc) is 2.74. The second kappa shape index (κ2) is 6.70. The Morgan fingerprint density at radius 2 is 2.33 bits per heavy atom. The third-order valence-corrected chi connectivity index (χ3v) is 2.04. The summed E-state index contributed by atoms with van der Waals surface area (Å²) in [7, 11) is 0. The number of aromatic nitrogens is 3. The summed E-state index contributed by atoms with van der Waals surface area (Å²) in [5, 5.41) is 18.3. The first-order chi connectivity index (χ1) is 8.52. The van der Waals surface area contributed by atoms with Gasteiger partial charge in [-0.15, -0.1) is 5.10 Å². The summed E-state index contributed by atoms with van der Waals surface area (Å²) in [4.78, 5) is 22.1. The van der Waals surface area contributed by atoms with E-state index in [2.05, 4.69) is 15.6 Å². The molecule has 18 heavy (non-hydrogen) atoms. The standard InChI is InChI=1S/C10H16N4O4/c1-3-18-6-7(2)11-9(15)5-14-4-8(10(16)17)12-13-14/h4,7H,3,5-6H2,1-2H3,(H,11,15)(H,16,17). The maximum absolute atomic E-state index is 11.6. The maximum atomic E-state index is 11.6. The molecule has 1 unspecified atom stereocenters. The number of carbonyl (C=O) groups excluding carboxylic acids is 1. The topological polar surface area (TPSA) is 106 Å². The summed E-state index contributed by atoms with van der Waals surface area (Å²) < 4.78 is 6.33. The van der Waals surface area contributed by atoms with E-state index >= 15 is 0 Å². The molecule has 1 aromatic heterocycles. The molecule has 1 amide bonds. The van der Waals surface area contributed by atoms with Crippen molar-refractivity contribution in [2.45, 2.75) is 26.4 Å². The molecule has 0 aromatic carbocycles. The Morgan fingerprint density at radius 3 is 2.89 bits per heavy atom. The van der Waals surface area contributed by atoms with Crippen molar-refractivity contribution in [3.05, 3.63) is 11.9 Å². The van der Waals surface area contributed by atoms with Crippen molar-refractivity contribution in [1.29, 1.82) is 0 Å². The highest BCUT2D eigenvalue weighted by atomic mass is 16.5. The largest absolute Gasteiger partial charge is 0.476 e. The fourth-order valence-corrected chi connectivity index (χ4v) is 1.28. The van der Waals surface area contributed by atoms with E-state index in [9.17, 15) is 9.59 Å². The molecule has 0 radical (unpaired) electrons. The summed E-state index contributed by atoms with van der Waals surface area (Å²) in [5.41, 5.74) is -0.190. The van der Waals surface area contributed by atoms with E-state index in [1.165, 1.54) is 10.9 Å². The molecule has 0 saturated carbocycles. The monoisotopic (exact) mass is 256 g/mol. The number of carboxylic acids is 1. The van der Waals surface area contributed by atoms with Gasteiger partial charge in [-0.25, -0.2) is 9.48 Å². The van der Waals surface area contributed by atoms with Crippen LogP contribution in [-0.2, 0) is 16.1 Å². The van der Waals surface area contributed by atoms with Gasteiger partial charge >= 0.3 is 5.97 Å². The van der Waals surface area contributed by atoms with Gasteiger partial charge in [0.05, 0.1) is 12.8 Å². The van der Waals surface area contributed by atoms with Crippen LogP contribution in [0.4, 0.5) is 0 Å². The van der Waals surface area contributed by atoms with Gasteiger partial charge in [0.15, 0.2) is 5.69 Å². The molecule has 0 aliphatic heterocycles. The normalized spacial score (nSPS) is 12.1. The molecule has 0 saturated heterocycles. The molecular weight excluding hydrogens is 240 g/mol. The lowest BCUT2D eigenvalue weighted by Crippen LogP contribution is -2.38. The summed E-state index contributed by atoms with van der Waals surface area (Å²) >= 11 is 0. The van der Waals surface area contributed by atoms with Crippen LogP contribution >= 0.6 is 0 Å². The van der Waals surface area contributed by atoms with E-state index in [1.807, 2.05) is 13.8 Å². The van der Waals surface area contributed by atoms with E-state index in [0.29, 0.717) is 13.2 Å². The molecule has 8 nitrogen and oxygen atoms in total. The number of carbonyl (C=O) groups is 2. The van der Waals surface area contributed by atoms with Crippen LogP contribution in [-0.4, -0.2) is 51.2 Å². The number of nitrogens with zero attached hydrogens (tertiary/aromatic N) is 3. The number of rotatable bonds is 7. The zero-order valence-corrected chi connectivity index (χ0v) is 10.3. The Bertz CT molecular complexity index is 418. The number of amides is 1. The average molecular weight is 256 g/mol. The van der Waals surface area contributed by atoms with Crippen LogP contribution in [0.3, 0.4) is 0 Å². The van der Waals surface area contributed by atoms with Crippen molar-refractivity contribution in [3.63, 3.8) is 0 Å². The minimum Gasteiger partial charge on any atom is -0.476 e. The van der Waals surface area contributed by atoms with Crippen LogP contribution in [0, 0.1) is 0 Å². The first kappa shape index (κ1) is 14.1. The van der Waals surface area contributed by atoms with Crippen LogP contribution in [0.15, 0.2) is 6.20 Å². The second-order valence-electron chi connectivity index (χ2n) is 3.73. The molecule has 1 aromatic rings. The molecule has 2 N–H and O–H groups in total. The Balaban J connectivity index is 2.41. The maximum Gasteiger partial charge on any atom is 0.358 e. The number of ether oxygens (including phenoxy) is 1. The van der Waals surface area contributed by atoms with Gasteiger partial charge in [0.25, 0.3) is 0 Å². The lowest BCUT2D eigenvalue weighted by Gasteiger charge is -2.13. The van der Waals surface area contributed by atoms with E-state index in [0.717, 1.165) is 0 Å². The predicted molar refractivity (Wildman–Crippen MR) is 61.1 cm³/mol. The SMILES string of the molecule is CCOCC(C)NC(=O)Cn1cc(C(=O)O)nn1. The molecule has 1 atom stereocenters. The van der Waals surface area contributed by atoms with Crippen LogP contribution in [0.2, 0.25) is 0 Å². The van der Waals surface area contributed by atoms with Crippen molar-refractivity contribution >= 4 is 11.9 Å². The third kappa shape index (κ3) is 4.50. The number of nitrogens with one attached hydrogen (secondary N) is 1. The van der Waals surface area contributed by atoms with Gasteiger partial charge in [-0.05, 0) is 13.8 Å². The summed E-state index contributed by atoms with van der Waals surface area (Å²) in [6, 6.07) is -0.111. The molecular formula is C10H16N4O4. The lowest BCUT2D eigenvalue weighted by atomic mass is 10.3. The molecule has 0 aliphatic carbocycles. The van der Waals surface area contributed by atoms with Gasteiger partial charge in [0.1, 0.15) is 6.54 Å². The molecule has 1 heterocycles. The fourth-order valence-electron chi connectivity index (χ4n) is 1.28. The molecule has 8 heteroatoms. The van der Waals surface area contributed by atoms with Crippen LogP contribution in [0.1, 0.15) is 24.3 Å². The fraction of sp³-hybridized carbons (Fsp3) is 0.600. The highest BCUT2D eigenvalue weighted by Gasteiger charge is 2.12. The van der Waals surface area contributed by atoms with Crippen LogP contribution in [0.25, 0.3) is 0 Å². The number of hydrogen-bond donors (Lipinski definition) is 2. The number of aromatic carboxylic acids is 1. The molecule has 1 rings (SSSR count). The molecule has 0 fully saturated rings. The van der Waals surface area contributed by atoms with Gasteiger partial charge < -0.3 is 15.2 Å². The number of carboxylic acid groups (broad SMARTS) is 1. The Morgan fingerprint density at radius 1 is 1.61 bits per heavy atom. The second-order valence-corrected chi connectivity index (χ2v) is 3.73. The van der Waals surface area contributed by atoms with Crippen LogP contribution < -0.4 is 5.32 Å². The van der Waals surface area contributed by atoms with Gasteiger partial charge in [-0.2, -0.15) is 0 Å². The van der Waals surface area contributed by atoms with Crippen molar-refractivity contribution in [2.75, 3.05) is 13.2 Å². The zero-order chi connectivity index (χ0) is 13.5. The highest BCUT2D eigenvalue weighted by molar-refractivity contribution is 5.84. The predicted octanol–water partition coefficient (Wildman–Crippen LogP) is -0.482. The van der Waals surface area contributed by atoms with E-state index in [4.69, 9.17) is 9.84 Å². The highest BCUT2D eigenvalue weighted by Crippen LogP contribution is 1.93. The first-order valence-electron chi connectivity index (χ1n) is 5.53. The van der Waals surface area contributed by atoms with Crippen molar-refractivity contribution in [3.8, 4) is 0 Å². The Kier molecular flexibility index (Phi) is 5.25. The minimum atomic E-state index is -1.17. The minimum absolute atomic E-state index is 0.0727. The summed E-state index contributed by atoms with van der Waals surface area (Å²) in [6.07, 6.45) is 1.20. The van der Waals surface area contributed by atoms with E-state index in [1.54, 1.807) is 0 Å². The molecule has 100 valence electrons. The van der Waals surface area contributed by atoms with Gasteiger partial charge in [0.2, 0.25) is 5.91 Å². The van der Waals surface area contributed by atoms with Crippen molar-refractivity contribution in [2.24, 2.45) is 0 Å². The van der Waals surface area contributed by atoms with Crippen molar-refractivity contribution in [1.82, 2.24) is 20.3 Å². The molecule has 0 bridgehead atoms. The van der Waals surface area contributed by atoms with Gasteiger partial charge in [-0.3, -0.25) is 4.79 Å². The zero-order valence-electron chi connectivity index (χ0n) is 10.3. The molecule has 0 aliphatic rings. The van der Waals surface area contributed by atoms with E-state index in [-0.39, 0.29) is 24.2 Å². The Labute approximate surface area is 104 Å². The van der Waals surface area contributed by atoms with Crippen LogP contribution in [0.5, 0.6) is 0 Å². The smallest absolute Gasteiger partial charge is 0.358 e. The quantitative estimate of drug-likeness (QED) is 0.682. The molecule has 0 spiro atoms. The summed E-state index contributed by atoms with van der Waals surface area (Å²) in [6.45, 7) is 4.64. The lowest BCUT2D eigenvalue weighted by molar-refractivity contribution is -0.122. The summed E-state index contributed by atoms with van der Waals surface area (Å²) in [5.74, 6) is -1.45. The van der Waals surface area contributed by atoms with E-state index < -0.39 is 5.97 Å². The van der Waals surface area contributed by atoms with Gasteiger partial charge in [-0.1, -0.05) is 5.21 Å². The third-order valence-electron chi connectivity index (χ3n) is 2.04. The Hall–Kier alpha value is -1.96. The number of hydrogen-bond acceptors (Lipinski definition) is 5. The first-order valence-corrected chi connectivity index (χ1v) is 5.53.